The van der Waals surface area contributed by atoms with Crippen molar-refractivity contribution in [2.45, 2.75) is 46.5 Å². The van der Waals surface area contributed by atoms with Crippen LogP contribution in [0.3, 0.4) is 0 Å². The number of benzene rings is 3. The van der Waals surface area contributed by atoms with Crippen molar-refractivity contribution in [2.75, 3.05) is 0 Å². The van der Waals surface area contributed by atoms with E-state index in [0.29, 0.717) is 13.2 Å². The molecule has 3 aromatic carbocycles. The highest BCUT2D eigenvalue weighted by Crippen LogP contribution is 2.26. The fourth-order valence-corrected chi connectivity index (χ4v) is 2.83. The van der Waals surface area contributed by atoms with Crippen LogP contribution in [0.25, 0.3) is 0 Å². The fraction of sp³-hybridized carbons (Fsp3) is 0.280. The van der Waals surface area contributed by atoms with Gasteiger partial charge in [-0.15, -0.1) is 0 Å². The molecule has 0 bridgehead atoms. The first-order chi connectivity index (χ1) is 12.9. The zero-order valence-electron chi connectivity index (χ0n) is 16.7. The summed E-state index contributed by atoms with van der Waals surface area (Å²) >= 11 is 0. The summed E-state index contributed by atoms with van der Waals surface area (Å²) in [7, 11) is 0. The van der Waals surface area contributed by atoms with Crippen molar-refractivity contribution in [3.63, 3.8) is 0 Å². The molecule has 2 heteroatoms. The Bertz CT molecular complexity index is 844. The molecule has 0 saturated carbocycles. The summed E-state index contributed by atoms with van der Waals surface area (Å²) in [5.74, 6) is 0.896. The van der Waals surface area contributed by atoms with Gasteiger partial charge >= 0.3 is 0 Å². The van der Waals surface area contributed by atoms with Crippen molar-refractivity contribution in [1.29, 1.82) is 0 Å². The molecule has 0 N–H and O–H groups in total. The van der Waals surface area contributed by atoms with E-state index in [0.717, 1.165) is 16.9 Å². The molecular formula is C25H28O2. The van der Waals surface area contributed by atoms with E-state index in [9.17, 15) is 0 Å². The minimum atomic E-state index is -0.319. The predicted octanol–water partition coefficient (Wildman–Crippen LogP) is 6.33. The standard InChI is InChI=1S/C25H28O2/c1-19-5-13-23(14-6-19)25(3,4)27-18-22-11-9-21(10-12-22)17-26-24-15-7-20(2)8-16-24/h5-16H,17-18H2,1-4H3. The molecule has 0 aromatic heterocycles. The van der Waals surface area contributed by atoms with Gasteiger partial charge in [0.1, 0.15) is 12.4 Å². The number of hydrogen-bond donors (Lipinski definition) is 0. The zero-order valence-corrected chi connectivity index (χ0v) is 16.7. The Morgan fingerprint density at radius 3 is 1.67 bits per heavy atom. The lowest BCUT2D eigenvalue weighted by molar-refractivity contribution is -0.0337. The van der Waals surface area contributed by atoms with Crippen LogP contribution in [-0.4, -0.2) is 0 Å². The smallest absolute Gasteiger partial charge is 0.119 e. The summed E-state index contributed by atoms with van der Waals surface area (Å²) in [5.41, 5.74) is 5.68. The molecule has 0 spiro atoms. The minimum Gasteiger partial charge on any atom is -0.489 e. The SMILES string of the molecule is Cc1ccc(OCc2ccc(COC(C)(C)c3ccc(C)cc3)cc2)cc1. The molecule has 0 radical (unpaired) electrons. The molecule has 0 aliphatic rings. The first-order valence-electron chi connectivity index (χ1n) is 9.41. The molecule has 3 aromatic rings. The Kier molecular flexibility index (Phi) is 5.98. The van der Waals surface area contributed by atoms with Crippen LogP contribution in [0.4, 0.5) is 0 Å². The van der Waals surface area contributed by atoms with Crippen LogP contribution in [0.1, 0.15) is 41.7 Å². The molecule has 0 aliphatic heterocycles. The lowest BCUT2D eigenvalue weighted by Gasteiger charge is -2.26. The average Bonchev–Trinajstić information content (AvgIpc) is 2.67. The topological polar surface area (TPSA) is 18.5 Å². The second kappa shape index (κ2) is 8.41. The number of hydrogen-bond acceptors (Lipinski definition) is 2. The highest BCUT2D eigenvalue weighted by molar-refractivity contribution is 5.28. The van der Waals surface area contributed by atoms with E-state index in [1.54, 1.807) is 0 Å². The summed E-state index contributed by atoms with van der Waals surface area (Å²) in [6.07, 6.45) is 0. The lowest BCUT2D eigenvalue weighted by atomic mass is 9.97. The highest BCUT2D eigenvalue weighted by atomic mass is 16.5. The quantitative estimate of drug-likeness (QED) is 0.490. The van der Waals surface area contributed by atoms with Crippen LogP contribution in [0.5, 0.6) is 5.75 Å². The van der Waals surface area contributed by atoms with Crippen molar-refractivity contribution < 1.29 is 9.47 Å². The molecule has 0 aliphatic carbocycles. The maximum atomic E-state index is 6.19. The Labute approximate surface area is 162 Å². The molecule has 3 rings (SSSR count). The first-order valence-corrected chi connectivity index (χ1v) is 9.41. The Hall–Kier alpha value is -2.58. The second-order valence-corrected chi connectivity index (χ2v) is 7.58. The highest BCUT2D eigenvalue weighted by Gasteiger charge is 2.21. The summed E-state index contributed by atoms with van der Waals surface area (Å²) < 4.78 is 12.0. The minimum absolute atomic E-state index is 0.319. The second-order valence-electron chi connectivity index (χ2n) is 7.58. The van der Waals surface area contributed by atoms with Crippen molar-refractivity contribution in [3.05, 3.63) is 101 Å². The van der Waals surface area contributed by atoms with Crippen molar-refractivity contribution in [1.82, 2.24) is 0 Å². The van der Waals surface area contributed by atoms with Crippen LogP contribution >= 0.6 is 0 Å². The number of aryl methyl sites for hydroxylation is 2. The Balaban J connectivity index is 1.54. The van der Waals surface area contributed by atoms with Crippen molar-refractivity contribution >= 4 is 0 Å². The Morgan fingerprint density at radius 2 is 1.11 bits per heavy atom. The summed E-state index contributed by atoms with van der Waals surface area (Å²) in [6, 6.07) is 25.1. The number of ether oxygens (including phenoxy) is 2. The van der Waals surface area contributed by atoms with Gasteiger partial charge in [0.05, 0.1) is 12.2 Å². The molecule has 0 unspecified atom stereocenters. The fourth-order valence-electron chi connectivity index (χ4n) is 2.83. The van der Waals surface area contributed by atoms with E-state index in [-0.39, 0.29) is 5.60 Å². The van der Waals surface area contributed by atoms with E-state index in [1.165, 1.54) is 16.7 Å². The van der Waals surface area contributed by atoms with E-state index in [4.69, 9.17) is 9.47 Å². The van der Waals surface area contributed by atoms with E-state index in [2.05, 4.69) is 88.4 Å². The summed E-state index contributed by atoms with van der Waals surface area (Å²) in [5, 5.41) is 0. The summed E-state index contributed by atoms with van der Waals surface area (Å²) in [4.78, 5) is 0. The van der Waals surface area contributed by atoms with Crippen LogP contribution < -0.4 is 4.74 Å². The van der Waals surface area contributed by atoms with Crippen molar-refractivity contribution in [3.8, 4) is 5.75 Å². The van der Waals surface area contributed by atoms with Crippen LogP contribution in [0, 0.1) is 13.8 Å². The average molecular weight is 360 g/mol. The van der Waals surface area contributed by atoms with Gasteiger partial charge in [-0.3, -0.25) is 0 Å². The van der Waals surface area contributed by atoms with Gasteiger partial charge in [0.15, 0.2) is 0 Å². The van der Waals surface area contributed by atoms with E-state index >= 15 is 0 Å². The molecular weight excluding hydrogens is 332 g/mol. The van der Waals surface area contributed by atoms with Gasteiger partial charge in [-0.05, 0) is 56.5 Å². The molecule has 27 heavy (non-hydrogen) atoms. The van der Waals surface area contributed by atoms with Gasteiger partial charge in [0.25, 0.3) is 0 Å². The molecule has 0 amide bonds. The normalized spacial score (nSPS) is 11.4. The molecule has 0 saturated heterocycles. The zero-order chi connectivity index (χ0) is 19.3. The first kappa shape index (κ1) is 19.2. The van der Waals surface area contributed by atoms with E-state index < -0.39 is 0 Å². The van der Waals surface area contributed by atoms with Crippen LogP contribution in [-0.2, 0) is 23.6 Å². The van der Waals surface area contributed by atoms with Crippen LogP contribution in [0.2, 0.25) is 0 Å². The Morgan fingerprint density at radius 1 is 0.630 bits per heavy atom. The maximum absolute atomic E-state index is 6.19. The third-order valence-corrected chi connectivity index (χ3v) is 4.80. The third-order valence-electron chi connectivity index (χ3n) is 4.80. The van der Waals surface area contributed by atoms with Crippen molar-refractivity contribution in [2.24, 2.45) is 0 Å². The molecule has 0 fully saturated rings. The van der Waals surface area contributed by atoms with Gasteiger partial charge in [-0.2, -0.15) is 0 Å². The van der Waals surface area contributed by atoms with Gasteiger partial charge in [0.2, 0.25) is 0 Å². The third kappa shape index (κ3) is 5.45. The predicted molar refractivity (Wildman–Crippen MR) is 111 cm³/mol. The molecule has 0 atom stereocenters. The van der Waals surface area contributed by atoms with E-state index in [1.807, 2.05) is 12.1 Å². The lowest BCUT2D eigenvalue weighted by Crippen LogP contribution is -2.21. The van der Waals surface area contributed by atoms with Gasteiger partial charge in [0, 0.05) is 0 Å². The van der Waals surface area contributed by atoms with Crippen LogP contribution in [0.15, 0.2) is 72.8 Å². The molecule has 0 heterocycles. The summed E-state index contributed by atoms with van der Waals surface area (Å²) in [6.45, 7) is 9.55. The van der Waals surface area contributed by atoms with Gasteiger partial charge < -0.3 is 9.47 Å². The van der Waals surface area contributed by atoms with Gasteiger partial charge in [-0.25, -0.2) is 0 Å². The monoisotopic (exact) mass is 360 g/mol. The maximum Gasteiger partial charge on any atom is 0.119 e. The molecule has 2 nitrogen and oxygen atoms in total. The molecule has 140 valence electrons. The largest absolute Gasteiger partial charge is 0.489 e. The number of rotatable bonds is 7. The van der Waals surface area contributed by atoms with Gasteiger partial charge in [-0.1, -0.05) is 71.8 Å².